The van der Waals surface area contributed by atoms with Gasteiger partial charge in [-0.1, -0.05) is 24.3 Å². The molecule has 0 aliphatic carbocycles. The molecule has 2 aromatic carbocycles. The minimum Gasteiger partial charge on any atom is -0.369 e. The first kappa shape index (κ1) is 18.0. The van der Waals surface area contributed by atoms with Gasteiger partial charge in [-0.05, 0) is 29.8 Å². The first-order valence-electron chi connectivity index (χ1n) is 6.79. The number of primary amides is 1. The summed E-state index contributed by atoms with van der Waals surface area (Å²) in [5.41, 5.74) is 5.97. The van der Waals surface area contributed by atoms with Gasteiger partial charge in [0.15, 0.2) is 9.84 Å². The van der Waals surface area contributed by atoms with Gasteiger partial charge in [0.05, 0.1) is 11.3 Å². The first-order chi connectivity index (χ1) is 11.1. The number of rotatable bonds is 6. The van der Waals surface area contributed by atoms with E-state index in [1.165, 1.54) is 36.4 Å². The van der Waals surface area contributed by atoms with Crippen molar-refractivity contribution in [2.75, 3.05) is 11.0 Å². The predicted octanol–water partition coefficient (Wildman–Crippen LogP) is 0.919. The van der Waals surface area contributed by atoms with Crippen LogP contribution in [0.1, 0.15) is 5.56 Å². The number of hydrogen-bond donors (Lipinski definition) is 2. The van der Waals surface area contributed by atoms with E-state index in [-0.39, 0.29) is 21.9 Å². The number of carbonyl (C=O) groups excluding carboxylic acids is 1. The van der Waals surface area contributed by atoms with E-state index in [4.69, 9.17) is 5.73 Å². The summed E-state index contributed by atoms with van der Waals surface area (Å²) in [6.45, 7) is 0. The number of sulfone groups is 1. The molecule has 9 heteroatoms. The normalized spacial score (nSPS) is 11.9. The van der Waals surface area contributed by atoms with Crippen molar-refractivity contribution in [2.45, 2.75) is 16.2 Å². The number of nitrogens with two attached hydrogens (primary N) is 1. The highest BCUT2D eigenvalue weighted by molar-refractivity contribution is 7.95. The molecule has 0 aromatic heterocycles. The quantitative estimate of drug-likeness (QED) is 0.785. The van der Waals surface area contributed by atoms with E-state index < -0.39 is 25.8 Å². The van der Waals surface area contributed by atoms with E-state index in [0.29, 0.717) is 5.56 Å². The topological polar surface area (TPSA) is 123 Å². The Morgan fingerprint density at radius 1 is 0.958 bits per heavy atom. The Balaban J connectivity index is 2.35. The fraction of sp³-hybridized carbons (Fsp3) is 0.133. The van der Waals surface area contributed by atoms with Crippen LogP contribution >= 0.6 is 0 Å². The summed E-state index contributed by atoms with van der Waals surface area (Å²) in [5, 5.41) is 0. The van der Waals surface area contributed by atoms with Crippen molar-refractivity contribution in [3.8, 4) is 0 Å². The molecule has 7 nitrogen and oxygen atoms in total. The van der Waals surface area contributed by atoms with Gasteiger partial charge in [0.1, 0.15) is 4.90 Å². The summed E-state index contributed by atoms with van der Waals surface area (Å²) in [7, 11) is -7.78. The Hall–Kier alpha value is -2.39. The van der Waals surface area contributed by atoms with Crippen molar-refractivity contribution in [3.63, 3.8) is 0 Å². The molecule has 3 N–H and O–H groups in total. The highest BCUT2D eigenvalue weighted by atomic mass is 32.2. The molecule has 0 saturated carbocycles. The van der Waals surface area contributed by atoms with Crippen LogP contribution in [0.3, 0.4) is 0 Å². The number of anilines is 1. The van der Waals surface area contributed by atoms with Crippen LogP contribution in [0.15, 0.2) is 58.3 Å². The Morgan fingerprint density at radius 3 is 2.00 bits per heavy atom. The van der Waals surface area contributed by atoms with Crippen molar-refractivity contribution >= 4 is 31.5 Å². The van der Waals surface area contributed by atoms with Crippen LogP contribution in [-0.2, 0) is 31.1 Å². The van der Waals surface area contributed by atoms with E-state index in [1.807, 2.05) is 0 Å². The Bertz CT molecular complexity index is 965. The zero-order valence-corrected chi connectivity index (χ0v) is 14.4. The second kappa shape index (κ2) is 6.62. The summed E-state index contributed by atoms with van der Waals surface area (Å²) in [6.07, 6.45) is 0.990. The smallest absolute Gasteiger partial charge is 0.263 e. The van der Waals surface area contributed by atoms with Gasteiger partial charge in [-0.2, -0.15) is 0 Å². The third-order valence-electron chi connectivity index (χ3n) is 3.12. The molecule has 0 spiro atoms. The third kappa shape index (κ3) is 4.33. The van der Waals surface area contributed by atoms with Gasteiger partial charge >= 0.3 is 0 Å². The predicted molar refractivity (Wildman–Crippen MR) is 89.7 cm³/mol. The van der Waals surface area contributed by atoms with E-state index in [1.54, 1.807) is 12.1 Å². The van der Waals surface area contributed by atoms with Crippen molar-refractivity contribution in [1.82, 2.24) is 0 Å². The van der Waals surface area contributed by atoms with Gasteiger partial charge in [-0.3, -0.25) is 9.52 Å². The average Bonchev–Trinajstić information content (AvgIpc) is 2.48. The van der Waals surface area contributed by atoms with Crippen LogP contribution in [0.5, 0.6) is 0 Å². The number of benzene rings is 2. The number of carbonyl (C=O) groups is 1. The minimum atomic E-state index is -4.08. The maximum atomic E-state index is 12.5. The van der Waals surface area contributed by atoms with Crippen LogP contribution in [0.25, 0.3) is 0 Å². The van der Waals surface area contributed by atoms with Crippen molar-refractivity contribution in [3.05, 3.63) is 54.1 Å². The molecule has 128 valence electrons. The standard InChI is InChI=1S/C15H16N2O5S2/c1-23(19,20)13-4-2-3-5-14(13)24(21,22)17-12-8-6-11(7-9-12)10-15(16)18/h2-9,17H,10H2,1H3,(H2,16,18). The van der Waals surface area contributed by atoms with E-state index in [2.05, 4.69) is 4.72 Å². The monoisotopic (exact) mass is 368 g/mol. The molecule has 0 aliphatic heterocycles. The molecule has 0 saturated heterocycles. The van der Waals surface area contributed by atoms with Gasteiger partial charge < -0.3 is 5.73 Å². The minimum absolute atomic E-state index is 0.0456. The molecular weight excluding hydrogens is 352 g/mol. The zero-order chi connectivity index (χ0) is 18.0. The van der Waals surface area contributed by atoms with Gasteiger partial charge in [-0.25, -0.2) is 16.8 Å². The molecule has 24 heavy (non-hydrogen) atoms. The maximum absolute atomic E-state index is 12.5. The van der Waals surface area contributed by atoms with Crippen LogP contribution in [0.4, 0.5) is 5.69 Å². The second-order valence-electron chi connectivity index (χ2n) is 5.16. The second-order valence-corrected chi connectivity index (χ2v) is 8.80. The largest absolute Gasteiger partial charge is 0.369 e. The van der Waals surface area contributed by atoms with E-state index in [9.17, 15) is 21.6 Å². The number of hydrogen-bond acceptors (Lipinski definition) is 5. The lowest BCUT2D eigenvalue weighted by Gasteiger charge is -2.11. The SMILES string of the molecule is CS(=O)(=O)c1ccccc1S(=O)(=O)Nc1ccc(CC(N)=O)cc1. The number of nitrogens with one attached hydrogen (secondary N) is 1. The number of amides is 1. The maximum Gasteiger partial charge on any atom is 0.263 e. The molecule has 0 unspecified atom stereocenters. The fourth-order valence-corrected chi connectivity index (χ4v) is 4.77. The average molecular weight is 368 g/mol. The van der Waals surface area contributed by atoms with Crippen molar-refractivity contribution < 1.29 is 21.6 Å². The summed E-state index contributed by atoms with van der Waals surface area (Å²) in [6, 6.07) is 11.4. The fourth-order valence-electron chi connectivity index (χ4n) is 2.08. The lowest BCUT2D eigenvalue weighted by molar-refractivity contribution is -0.117. The summed E-state index contributed by atoms with van der Waals surface area (Å²) in [5.74, 6) is -0.495. The molecular formula is C15H16N2O5S2. The Kier molecular flexibility index (Phi) is 4.95. The molecule has 2 rings (SSSR count). The molecule has 0 heterocycles. The van der Waals surface area contributed by atoms with Gasteiger partial charge in [0.2, 0.25) is 5.91 Å². The highest BCUT2D eigenvalue weighted by Crippen LogP contribution is 2.23. The van der Waals surface area contributed by atoms with E-state index in [0.717, 1.165) is 6.26 Å². The summed E-state index contributed by atoms with van der Waals surface area (Å²) in [4.78, 5) is 10.3. The van der Waals surface area contributed by atoms with Crippen molar-refractivity contribution in [1.29, 1.82) is 0 Å². The molecule has 0 aliphatic rings. The third-order valence-corrected chi connectivity index (χ3v) is 5.85. The summed E-state index contributed by atoms with van der Waals surface area (Å²) >= 11 is 0. The van der Waals surface area contributed by atoms with Crippen LogP contribution < -0.4 is 10.5 Å². The molecule has 0 atom stereocenters. The zero-order valence-electron chi connectivity index (χ0n) is 12.8. The van der Waals surface area contributed by atoms with E-state index >= 15 is 0 Å². The molecule has 1 amide bonds. The van der Waals surface area contributed by atoms with Gasteiger partial charge in [0.25, 0.3) is 10.0 Å². The van der Waals surface area contributed by atoms with Gasteiger partial charge in [-0.15, -0.1) is 0 Å². The Morgan fingerprint density at radius 2 is 1.50 bits per heavy atom. The highest BCUT2D eigenvalue weighted by Gasteiger charge is 2.23. The molecule has 0 radical (unpaired) electrons. The molecule has 2 aromatic rings. The van der Waals surface area contributed by atoms with Crippen LogP contribution in [0.2, 0.25) is 0 Å². The number of sulfonamides is 1. The van der Waals surface area contributed by atoms with Crippen LogP contribution in [0, 0.1) is 0 Å². The lowest BCUT2D eigenvalue weighted by Crippen LogP contribution is -2.17. The lowest BCUT2D eigenvalue weighted by atomic mass is 10.1. The molecule has 0 bridgehead atoms. The van der Waals surface area contributed by atoms with Crippen LogP contribution in [-0.4, -0.2) is 29.0 Å². The van der Waals surface area contributed by atoms with Gasteiger partial charge in [0, 0.05) is 11.9 Å². The molecule has 0 fully saturated rings. The first-order valence-corrected chi connectivity index (χ1v) is 10.2. The Labute approximate surface area is 140 Å². The van der Waals surface area contributed by atoms with Crippen molar-refractivity contribution in [2.24, 2.45) is 5.73 Å². The summed E-state index contributed by atoms with van der Waals surface area (Å²) < 4.78 is 50.8.